The highest BCUT2D eigenvalue weighted by atomic mass is 16.3. The van der Waals surface area contributed by atoms with Gasteiger partial charge in [0.05, 0.1) is 38.4 Å². The molecule has 0 saturated carbocycles. The molecule has 7 aromatic carbocycles. The Balaban J connectivity index is 1.42. The van der Waals surface area contributed by atoms with E-state index >= 15 is 0 Å². The first-order chi connectivity index (χ1) is 36.3. The monoisotopic (exact) mass is 669 g/mol. The highest BCUT2D eigenvalue weighted by molar-refractivity contribution is 6.13. The third-order valence-corrected chi connectivity index (χ3v) is 7.17. The van der Waals surface area contributed by atoms with Crippen molar-refractivity contribution in [3.05, 3.63) is 175 Å². The van der Waals surface area contributed by atoms with Gasteiger partial charge in [0.1, 0.15) is 11.2 Å². The van der Waals surface area contributed by atoms with Gasteiger partial charge in [-0.3, -0.25) is 0 Å². The minimum absolute atomic E-state index is 0.180. The molecule has 0 N–H and O–H groups in total. The number of nitrogens with zero attached hydrogens (tertiary/aromatic N) is 3. The first-order valence-electron chi connectivity index (χ1n) is 28.5. The second-order valence-corrected chi connectivity index (χ2v) is 10.3. The molecule has 4 heteroatoms. The van der Waals surface area contributed by atoms with Gasteiger partial charge in [-0.15, -0.1) is 0 Å². The van der Waals surface area contributed by atoms with E-state index in [0.717, 1.165) is 0 Å². The van der Waals surface area contributed by atoms with Crippen molar-refractivity contribution in [3.8, 4) is 67.5 Å². The third kappa shape index (κ3) is 5.43. The zero-order valence-corrected chi connectivity index (χ0v) is 25.2. The van der Waals surface area contributed by atoms with Crippen LogP contribution >= 0.6 is 0 Å². The maximum atomic E-state index is 9.73. The minimum Gasteiger partial charge on any atom is -0.455 e. The summed E-state index contributed by atoms with van der Waals surface area (Å²) in [6.45, 7) is 1.26. The molecule has 0 amide bonds. The number of hydrogen-bond acceptors (Lipinski definition) is 4. The van der Waals surface area contributed by atoms with Gasteiger partial charge in [-0.05, 0) is 41.3 Å². The quantitative estimate of drug-likeness (QED) is 0.177. The normalized spacial score (nSPS) is 19.1. The van der Waals surface area contributed by atoms with E-state index in [0.29, 0.717) is 0 Å². The van der Waals surface area contributed by atoms with Gasteiger partial charge in [0, 0.05) is 38.6 Å². The third-order valence-electron chi connectivity index (χ3n) is 7.17. The summed E-state index contributed by atoms with van der Waals surface area (Å²) in [7, 11) is 0. The van der Waals surface area contributed by atoms with E-state index in [4.69, 9.17) is 34.6 Å². The average Bonchev–Trinajstić information content (AvgIpc) is 4.04. The molecule has 236 valence electrons. The Morgan fingerprint density at radius 1 is 0.380 bits per heavy atom. The van der Waals surface area contributed by atoms with E-state index < -0.39 is 259 Å². The Bertz CT molecular complexity index is 4150. The number of benzene rings is 7. The smallest absolute Gasteiger partial charge is 0.164 e. The second-order valence-electron chi connectivity index (χ2n) is 10.3. The van der Waals surface area contributed by atoms with Crippen LogP contribution in [0.2, 0.25) is 0 Å². The summed E-state index contributed by atoms with van der Waals surface area (Å²) in [5.74, 6) is -2.54. The van der Waals surface area contributed by atoms with Gasteiger partial charge >= 0.3 is 0 Å². The average molecular weight is 670 g/mol. The molecule has 0 aliphatic rings. The summed E-state index contributed by atoms with van der Waals surface area (Å²) < 4.78 is 252. The van der Waals surface area contributed by atoms with Gasteiger partial charge in [0.2, 0.25) is 0 Å². The number of fused-ring (bicyclic) bond motifs is 3. The molecule has 4 nitrogen and oxygen atoms in total. The lowest BCUT2D eigenvalue weighted by atomic mass is 9.99. The summed E-state index contributed by atoms with van der Waals surface area (Å²) in [5, 5.41) is -1.08. The van der Waals surface area contributed by atoms with Crippen LogP contribution in [-0.4, -0.2) is 15.0 Å². The van der Waals surface area contributed by atoms with Crippen molar-refractivity contribution in [2.75, 3.05) is 0 Å². The topological polar surface area (TPSA) is 51.8 Å². The molecule has 0 aliphatic carbocycles. The van der Waals surface area contributed by atoms with Crippen molar-refractivity contribution in [2.45, 2.75) is 6.92 Å². The van der Waals surface area contributed by atoms with Crippen molar-refractivity contribution in [2.24, 2.45) is 0 Å². The molecule has 9 aromatic rings. The van der Waals surface area contributed by atoms with Crippen LogP contribution in [0.3, 0.4) is 0 Å². The number of rotatable bonds is 6. The Labute approximate surface area is 329 Å². The Kier molecular flexibility index (Phi) is 3.07. The molecule has 0 unspecified atom stereocenters. The molecule has 50 heavy (non-hydrogen) atoms. The van der Waals surface area contributed by atoms with E-state index in [-0.39, 0.29) is 5.56 Å². The Morgan fingerprint density at radius 3 is 1.46 bits per heavy atom. The van der Waals surface area contributed by atoms with E-state index in [2.05, 4.69) is 15.0 Å². The van der Waals surface area contributed by atoms with Crippen LogP contribution in [-0.2, 0) is 0 Å². The second kappa shape index (κ2) is 12.4. The van der Waals surface area contributed by atoms with Crippen molar-refractivity contribution in [1.29, 1.82) is 0 Å². The summed E-state index contributed by atoms with van der Waals surface area (Å²) in [6.07, 6.45) is 0. The summed E-state index contributed by atoms with van der Waals surface area (Å²) in [5.41, 5.74) is -8.15. The van der Waals surface area contributed by atoms with E-state index in [1.54, 1.807) is 0 Å². The maximum Gasteiger partial charge on any atom is 0.164 e. The fourth-order valence-electron chi connectivity index (χ4n) is 4.94. The minimum atomic E-state index is -1.05. The number of aromatic nitrogens is 3. The lowest BCUT2D eigenvalue weighted by Crippen LogP contribution is -2.00. The molecule has 0 bridgehead atoms. The van der Waals surface area contributed by atoms with Crippen molar-refractivity contribution < 1.29 is 42.8 Å². The zero-order valence-electron chi connectivity index (χ0n) is 53.2. The van der Waals surface area contributed by atoms with Gasteiger partial charge in [0.25, 0.3) is 0 Å². The van der Waals surface area contributed by atoms with Crippen molar-refractivity contribution >= 4 is 21.9 Å². The Hall–Kier alpha value is -6.65. The predicted octanol–water partition coefficient (Wildman–Crippen LogP) is 12.1. The SMILES string of the molecule is [2H]c1c([2H])c([2H])c(-c2c([2H])c([2H])c(-c3nc(-c4c([2H])c([2H])c([2H])c(C)c4[2H])nc(-c4c([2H])c([2H])c([2H])c(-c5c([2H])c([2H])c([2H])c6c5oc5c(-c7c([2H])c([2H])c([2H])c([2H])c7[2H])c([2H])c([2H])c([2H])c56)c4[2H])n3)c([2H])c2[2H])c([2H])c1[2H]. The molecule has 0 spiro atoms. The van der Waals surface area contributed by atoms with Gasteiger partial charge in [-0.25, -0.2) is 15.0 Å². The molecule has 0 fully saturated rings. The molecule has 9 rings (SSSR count). The molecule has 0 aliphatic heterocycles. The van der Waals surface area contributed by atoms with Crippen LogP contribution < -0.4 is 0 Å². The van der Waals surface area contributed by atoms with Crippen molar-refractivity contribution in [3.63, 3.8) is 0 Å². The van der Waals surface area contributed by atoms with Gasteiger partial charge in [0.15, 0.2) is 17.5 Å². The standard InChI is InChI=1S/C46H31N3O/c1-30-12-8-18-36(28-30)45-47-44(34-26-24-32(25-27-34)31-13-4-2-5-14-31)48-46(49-45)37-19-9-17-35(29-37)39-21-11-23-41-40-22-10-20-38(42(40)50-43(39)41)33-15-6-3-7-16-33/h2-29H,1H3/i2D,3D,4D,5D,6D,7D,8D,9D,10D,11D,12D,13D,14D,15D,16D,17D,18D,19D,20D,21D,22D,23D,24D,25D,26D,27D,28D,29D. The Morgan fingerprint density at radius 2 is 0.820 bits per heavy atom. The van der Waals surface area contributed by atoms with Gasteiger partial charge in [-0.1, -0.05) is 163 Å². The number of furan rings is 1. The maximum absolute atomic E-state index is 9.73. The van der Waals surface area contributed by atoms with E-state index in [1.165, 1.54) is 6.92 Å². The van der Waals surface area contributed by atoms with Crippen LogP contribution in [0.25, 0.3) is 89.5 Å². The molecule has 2 aromatic heterocycles. The highest BCUT2D eigenvalue weighted by Gasteiger charge is 2.17. The highest BCUT2D eigenvalue weighted by Crippen LogP contribution is 2.40. The molecule has 2 heterocycles. The zero-order chi connectivity index (χ0) is 57.8. The van der Waals surface area contributed by atoms with Crippen LogP contribution in [0, 0.1) is 6.92 Å². The number of hydrogen-bond donors (Lipinski definition) is 0. The lowest BCUT2D eigenvalue weighted by molar-refractivity contribution is 0.671. The first kappa shape index (κ1) is 12.3. The fourth-order valence-corrected chi connectivity index (χ4v) is 4.94. The summed E-state index contributed by atoms with van der Waals surface area (Å²) in [4.78, 5) is 13.0. The number of para-hydroxylation sites is 2. The molecule has 0 atom stereocenters. The van der Waals surface area contributed by atoms with E-state index in [9.17, 15) is 8.22 Å². The lowest BCUT2D eigenvalue weighted by Gasteiger charge is -2.10. The van der Waals surface area contributed by atoms with E-state index in [1.807, 2.05) is 0 Å². The first-order valence-corrected chi connectivity index (χ1v) is 14.5. The molecule has 0 saturated heterocycles. The van der Waals surface area contributed by atoms with Crippen LogP contribution in [0.4, 0.5) is 0 Å². The summed E-state index contributed by atoms with van der Waals surface area (Å²) >= 11 is 0. The van der Waals surface area contributed by atoms with Gasteiger partial charge < -0.3 is 4.42 Å². The summed E-state index contributed by atoms with van der Waals surface area (Å²) in [6, 6.07) is -24.8. The van der Waals surface area contributed by atoms with Crippen LogP contribution in [0.5, 0.6) is 0 Å². The van der Waals surface area contributed by atoms with Crippen LogP contribution in [0.15, 0.2) is 174 Å². The predicted molar refractivity (Wildman–Crippen MR) is 204 cm³/mol. The van der Waals surface area contributed by atoms with Crippen LogP contribution in [0.1, 0.15) is 43.9 Å². The van der Waals surface area contributed by atoms with Crippen molar-refractivity contribution in [1.82, 2.24) is 15.0 Å². The molecule has 0 radical (unpaired) electrons. The van der Waals surface area contributed by atoms with Gasteiger partial charge in [-0.2, -0.15) is 0 Å². The fraction of sp³-hybridized carbons (Fsp3) is 0.0217. The molecular formula is C46H31N3O. The largest absolute Gasteiger partial charge is 0.455 e. The molecular weight excluding hydrogens is 611 g/mol.